The number of carbonyl (C=O) groups is 3. The van der Waals surface area contributed by atoms with Gasteiger partial charge in [0.25, 0.3) is 5.91 Å². The predicted octanol–water partition coefficient (Wildman–Crippen LogP) is 0.442. The molecule has 1 amide bonds. The Morgan fingerprint density at radius 1 is 1.22 bits per heavy atom. The highest BCUT2D eigenvalue weighted by atomic mass is 16.7. The Balaban J connectivity index is 2.01. The number of phenolic OH excluding ortho intramolecular Hbond substituents is 1. The topological polar surface area (TPSA) is 171 Å². The third-order valence-electron chi connectivity index (χ3n) is 7.26. The van der Waals surface area contributed by atoms with Gasteiger partial charge in [-0.2, -0.15) is 5.06 Å². The summed E-state index contributed by atoms with van der Waals surface area (Å²) in [4.78, 5) is 43.8. The Kier molecular flexibility index (Phi) is 4.74. The van der Waals surface area contributed by atoms with E-state index in [2.05, 4.69) is 0 Å². The number of likely N-dealkylation sites (N-methyl/N-ethyl adjacent to an activating group) is 1. The van der Waals surface area contributed by atoms with Crippen LogP contribution in [0.5, 0.6) is 5.75 Å². The molecule has 1 aromatic carbocycles. The molecule has 0 bridgehead atoms. The first-order chi connectivity index (χ1) is 14.9. The number of primary amides is 1. The van der Waals surface area contributed by atoms with Gasteiger partial charge in [0.2, 0.25) is 5.78 Å². The van der Waals surface area contributed by atoms with E-state index < -0.39 is 57.5 Å². The maximum Gasteiger partial charge on any atom is 0.255 e. The number of hydrogen-bond donors (Lipinski definition) is 5. The minimum absolute atomic E-state index is 0.0111. The Morgan fingerprint density at radius 2 is 1.88 bits per heavy atom. The van der Waals surface area contributed by atoms with Crippen LogP contribution in [-0.4, -0.2) is 68.3 Å². The van der Waals surface area contributed by atoms with Crippen molar-refractivity contribution in [2.75, 3.05) is 14.2 Å². The summed E-state index contributed by atoms with van der Waals surface area (Å²) in [7, 11) is 2.73. The summed E-state index contributed by atoms with van der Waals surface area (Å²) in [5.74, 6) is -7.02. The standard InChI is InChI=1S/C22H24N2O8/c1-21(24(2)32-3)12-8-10-7-9-5-4-6-11(25)13(9)16(26)14(10)18(28)22(12,31)19(29)15(17(21)27)20(23)30/h4-6,10,12,25,27-28,31H,7-8H2,1-3H3,(H2,23,30). The van der Waals surface area contributed by atoms with E-state index in [0.29, 0.717) is 5.56 Å². The molecule has 0 aromatic heterocycles. The number of nitrogens with two attached hydrogens (primary N) is 1. The molecule has 0 saturated carbocycles. The van der Waals surface area contributed by atoms with E-state index >= 15 is 0 Å². The van der Waals surface area contributed by atoms with Gasteiger partial charge in [0.15, 0.2) is 11.4 Å². The van der Waals surface area contributed by atoms with Gasteiger partial charge in [-0.1, -0.05) is 12.1 Å². The van der Waals surface area contributed by atoms with Crippen molar-refractivity contribution in [3.05, 3.63) is 52.0 Å². The average molecular weight is 444 g/mol. The van der Waals surface area contributed by atoms with E-state index in [-0.39, 0.29) is 29.7 Å². The number of allylic oxidation sites excluding steroid dienone is 1. The lowest BCUT2D eigenvalue weighted by Gasteiger charge is -2.55. The first-order valence-corrected chi connectivity index (χ1v) is 10.00. The van der Waals surface area contributed by atoms with Crippen LogP contribution in [0.15, 0.2) is 40.9 Å². The summed E-state index contributed by atoms with van der Waals surface area (Å²) in [6.07, 6.45) is 0.234. The molecule has 10 nitrogen and oxygen atoms in total. The van der Waals surface area contributed by atoms with Crippen molar-refractivity contribution in [2.45, 2.75) is 30.9 Å². The molecule has 4 unspecified atom stereocenters. The summed E-state index contributed by atoms with van der Waals surface area (Å²) in [5.41, 5.74) is 0.417. The van der Waals surface area contributed by atoms with E-state index in [4.69, 9.17) is 10.6 Å². The smallest absolute Gasteiger partial charge is 0.255 e. The molecule has 0 heterocycles. The molecule has 170 valence electrons. The van der Waals surface area contributed by atoms with Crippen LogP contribution >= 0.6 is 0 Å². The number of hydroxylamine groups is 2. The van der Waals surface area contributed by atoms with Crippen molar-refractivity contribution in [2.24, 2.45) is 17.6 Å². The SMILES string of the molecule is CON(C)C1(C)C(O)=C(C(N)=O)C(=O)C2(O)C(O)=C3C(=O)c4c(O)cccc4CC3CC21. The Bertz CT molecular complexity index is 1140. The number of benzene rings is 1. The Morgan fingerprint density at radius 3 is 2.47 bits per heavy atom. The number of aliphatic hydroxyl groups excluding tert-OH is 2. The van der Waals surface area contributed by atoms with Crippen LogP contribution in [0.2, 0.25) is 0 Å². The largest absolute Gasteiger partial charge is 0.509 e. The maximum atomic E-state index is 13.3. The fourth-order valence-electron chi connectivity index (χ4n) is 5.44. The number of amides is 1. The third kappa shape index (κ3) is 2.48. The zero-order valence-electron chi connectivity index (χ0n) is 17.7. The molecule has 1 aromatic rings. The fraction of sp³-hybridized carbons (Fsp3) is 0.409. The number of aromatic hydroxyl groups is 1. The molecule has 4 rings (SSSR count). The molecule has 0 fully saturated rings. The van der Waals surface area contributed by atoms with Gasteiger partial charge >= 0.3 is 0 Å². The molecule has 0 radical (unpaired) electrons. The number of Topliss-reactive ketones (excluding diaryl/α,β-unsaturated/α-hetero) is 2. The number of nitrogens with zero attached hydrogens (tertiary/aromatic N) is 1. The molecule has 4 atom stereocenters. The van der Waals surface area contributed by atoms with Gasteiger partial charge in [0.1, 0.15) is 28.4 Å². The monoisotopic (exact) mass is 444 g/mol. The van der Waals surface area contributed by atoms with Gasteiger partial charge in [-0.05, 0) is 37.3 Å². The summed E-state index contributed by atoms with van der Waals surface area (Å²) in [6.45, 7) is 1.44. The van der Waals surface area contributed by atoms with Gasteiger partial charge < -0.3 is 31.0 Å². The lowest BCUT2D eigenvalue weighted by Crippen LogP contribution is -2.69. The molecule has 0 spiro atoms. The van der Waals surface area contributed by atoms with Crippen molar-refractivity contribution in [1.82, 2.24) is 5.06 Å². The van der Waals surface area contributed by atoms with Crippen molar-refractivity contribution in [1.29, 1.82) is 0 Å². The van der Waals surface area contributed by atoms with Gasteiger partial charge in [0.05, 0.1) is 12.7 Å². The van der Waals surface area contributed by atoms with Crippen molar-refractivity contribution in [3.63, 3.8) is 0 Å². The van der Waals surface area contributed by atoms with Gasteiger partial charge in [-0.25, -0.2) is 0 Å². The quantitative estimate of drug-likeness (QED) is 0.328. The second-order valence-corrected chi connectivity index (χ2v) is 8.60. The normalized spacial score (nSPS) is 32.0. The lowest BCUT2D eigenvalue weighted by molar-refractivity contribution is -0.222. The molecule has 32 heavy (non-hydrogen) atoms. The van der Waals surface area contributed by atoms with Crippen LogP contribution in [-0.2, 0) is 20.8 Å². The van der Waals surface area contributed by atoms with Crippen LogP contribution in [0, 0.1) is 11.8 Å². The summed E-state index contributed by atoms with van der Waals surface area (Å²) < 4.78 is 0. The highest BCUT2D eigenvalue weighted by Crippen LogP contribution is 2.55. The molecule has 10 heteroatoms. The number of ketones is 2. The second kappa shape index (κ2) is 6.89. The first kappa shape index (κ1) is 22.0. The zero-order valence-corrected chi connectivity index (χ0v) is 17.7. The van der Waals surface area contributed by atoms with Crippen molar-refractivity contribution >= 4 is 17.5 Å². The van der Waals surface area contributed by atoms with E-state index in [1.54, 1.807) is 12.1 Å². The number of rotatable bonds is 3. The van der Waals surface area contributed by atoms with Crippen LogP contribution in [0.25, 0.3) is 0 Å². The zero-order chi connectivity index (χ0) is 23.7. The summed E-state index contributed by atoms with van der Waals surface area (Å²) >= 11 is 0. The van der Waals surface area contributed by atoms with Crippen molar-refractivity contribution in [3.8, 4) is 5.75 Å². The Hall–Kier alpha value is -3.21. The minimum Gasteiger partial charge on any atom is -0.509 e. The van der Waals surface area contributed by atoms with Crippen LogP contribution in [0.4, 0.5) is 0 Å². The van der Waals surface area contributed by atoms with E-state index in [1.165, 1.54) is 27.1 Å². The molecular weight excluding hydrogens is 420 g/mol. The number of carbonyl (C=O) groups excluding carboxylic acids is 3. The second-order valence-electron chi connectivity index (χ2n) is 8.60. The highest BCUT2D eigenvalue weighted by Gasteiger charge is 2.67. The van der Waals surface area contributed by atoms with Gasteiger partial charge in [-0.3, -0.25) is 14.4 Å². The van der Waals surface area contributed by atoms with Crippen molar-refractivity contribution < 1.29 is 39.6 Å². The van der Waals surface area contributed by atoms with Crippen LogP contribution in [0.3, 0.4) is 0 Å². The fourth-order valence-corrected chi connectivity index (χ4v) is 5.44. The van der Waals surface area contributed by atoms with E-state index in [1.807, 2.05) is 0 Å². The number of fused-ring (bicyclic) bond motifs is 3. The third-order valence-corrected chi connectivity index (χ3v) is 7.26. The first-order valence-electron chi connectivity index (χ1n) is 10.00. The number of phenols is 1. The molecule has 0 saturated heterocycles. The average Bonchev–Trinajstić information content (AvgIpc) is 2.73. The number of hydrogen-bond acceptors (Lipinski definition) is 9. The molecule has 6 N–H and O–H groups in total. The van der Waals surface area contributed by atoms with Crippen LogP contribution in [0.1, 0.15) is 29.3 Å². The maximum absolute atomic E-state index is 13.3. The molecule has 3 aliphatic carbocycles. The number of aliphatic hydroxyl groups is 3. The molecule has 0 aliphatic heterocycles. The Labute approximate surface area is 183 Å². The summed E-state index contributed by atoms with van der Waals surface area (Å²) in [5, 5.41) is 45.1. The molecule has 3 aliphatic rings. The molecular formula is C22H24N2O8. The van der Waals surface area contributed by atoms with Gasteiger partial charge in [0, 0.05) is 18.5 Å². The van der Waals surface area contributed by atoms with Gasteiger partial charge in [-0.15, -0.1) is 0 Å². The minimum atomic E-state index is -2.72. The van der Waals surface area contributed by atoms with E-state index in [9.17, 15) is 34.8 Å². The van der Waals surface area contributed by atoms with Crippen LogP contribution < -0.4 is 5.73 Å². The highest BCUT2D eigenvalue weighted by molar-refractivity contribution is 6.25. The predicted molar refractivity (Wildman–Crippen MR) is 109 cm³/mol. The summed E-state index contributed by atoms with van der Waals surface area (Å²) in [6, 6.07) is 4.60. The van der Waals surface area contributed by atoms with E-state index in [0.717, 1.165) is 5.06 Å². The lowest BCUT2D eigenvalue weighted by atomic mass is 9.55.